The molecular formula is C14H31N5O. The smallest absolute Gasteiger partial charge is 0.233 e. The van der Waals surface area contributed by atoms with Crippen LogP contribution >= 0.6 is 0 Å². The number of rotatable bonds is 9. The maximum atomic E-state index is 11.0. The van der Waals surface area contributed by atoms with Crippen LogP contribution in [0.1, 0.15) is 25.7 Å². The normalized spacial score (nSPS) is 17.6. The highest BCUT2D eigenvalue weighted by atomic mass is 16.2. The molecule has 0 unspecified atom stereocenters. The highest BCUT2D eigenvalue weighted by molar-refractivity contribution is 5.74. The van der Waals surface area contributed by atoms with Crippen molar-refractivity contribution in [2.75, 3.05) is 59.9 Å². The van der Waals surface area contributed by atoms with E-state index in [9.17, 15) is 4.79 Å². The number of hydrazine groups is 1. The monoisotopic (exact) mass is 285 g/mol. The number of carbonyl (C=O) groups excluding carboxylic acids is 1. The molecule has 1 amide bonds. The Morgan fingerprint density at radius 1 is 1.05 bits per heavy atom. The molecule has 0 aromatic heterocycles. The summed E-state index contributed by atoms with van der Waals surface area (Å²) >= 11 is 0. The van der Waals surface area contributed by atoms with Crippen LogP contribution < -0.4 is 11.3 Å². The molecule has 1 aliphatic heterocycles. The van der Waals surface area contributed by atoms with Gasteiger partial charge in [-0.15, -0.1) is 0 Å². The topological polar surface area (TPSA) is 64.8 Å². The molecule has 1 aliphatic rings. The number of likely N-dealkylation sites (N-methyl/N-ethyl adjacent to an activating group) is 1. The minimum Gasteiger partial charge on any atom is -0.308 e. The minimum absolute atomic E-state index is 0.0560. The predicted octanol–water partition coefficient (Wildman–Crippen LogP) is -0.284. The van der Waals surface area contributed by atoms with Crippen LogP contribution in [0.25, 0.3) is 0 Å². The number of amides is 1. The fourth-order valence-electron chi connectivity index (χ4n) is 2.45. The fourth-order valence-corrected chi connectivity index (χ4v) is 2.45. The molecule has 0 aliphatic carbocycles. The molecule has 6 nitrogen and oxygen atoms in total. The van der Waals surface area contributed by atoms with Gasteiger partial charge in [0, 0.05) is 45.7 Å². The lowest BCUT2D eigenvalue weighted by atomic mass is 10.1. The lowest BCUT2D eigenvalue weighted by Crippen LogP contribution is -2.48. The molecule has 0 spiro atoms. The van der Waals surface area contributed by atoms with Gasteiger partial charge >= 0.3 is 0 Å². The highest BCUT2D eigenvalue weighted by Crippen LogP contribution is 2.06. The third-order valence-electron chi connectivity index (χ3n) is 3.87. The molecular weight excluding hydrogens is 254 g/mol. The third-order valence-corrected chi connectivity index (χ3v) is 3.87. The summed E-state index contributed by atoms with van der Waals surface area (Å²) in [7, 11) is 4.25. The van der Waals surface area contributed by atoms with Crippen molar-refractivity contribution in [1.82, 2.24) is 20.1 Å². The number of piperazine rings is 1. The SMILES string of the molecule is CN(C)CCN1CCN(CCCCCC(=O)NN)CC1. The predicted molar refractivity (Wildman–Crippen MR) is 82.2 cm³/mol. The van der Waals surface area contributed by atoms with Gasteiger partial charge < -0.3 is 9.80 Å². The van der Waals surface area contributed by atoms with Crippen LogP contribution in [-0.2, 0) is 4.79 Å². The van der Waals surface area contributed by atoms with E-state index in [0.717, 1.165) is 25.9 Å². The average Bonchev–Trinajstić information content (AvgIpc) is 2.45. The zero-order valence-electron chi connectivity index (χ0n) is 13.1. The molecule has 1 fully saturated rings. The minimum atomic E-state index is -0.0560. The molecule has 1 rings (SSSR count). The Bertz CT molecular complexity index is 264. The summed E-state index contributed by atoms with van der Waals surface area (Å²) in [6.07, 6.45) is 3.77. The summed E-state index contributed by atoms with van der Waals surface area (Å²) in [6, 6.07) is 0. The molecule has 0 radical (unpaired) electrons. The van der Waals surface area contributed by atoms with Crippen molar-refractivity contribution in [3.63, 3.8) is 0 Å². The second-order valence-corrected chi connectivity index (χ2v) is 5.86. The molecule has 0 bridgehead atoms. The van der Waals surface area contributed by atoms with E-state index in [1.54, 1.807) is 0 Å². The Labute approximate surface area is 123 Å². The number of unbranched alkanes of at least 4 members (excludes halogenated alkanes) is 2. The van der Waals surface area contributed by atoms with E-state index in [1.807, 2.05) is 0 Å². The number of nitrogens with two attached hydrogens (primary N) is 1. The van der Waals surface area contributed by atoms with Crippen LogP contribution in [0.15, 0.2) is 0 Å². The van der Waals surface area contributed by atoms with Gasteiger partial charge in [0.15, 0.2) is 0 Å². The largest absolute Gasteiger partial charge is 0.308 e. The van der Waals surface area contributed by atoms with Gasteiger partial charge in [-0.25, -0.2) is 5.84 Å². The van der Waals surface area contributed by atoms with Crippen molar-refractivity contribution in [1.29, 1.82) is 0 Å². The summed E-state index contributed by atoms with van der Waals surface area (Å²) in [5, 5.41) is 0. The Morgan fingerprint density at radius 3 is 2.20 bits per heavy atom. The fraction of sp³-hybridized carbons (Fsp3) is 0.929. The maximum Gasteiger partial charge on any atom is 0.233 e. The van der Waals surface area contributed by atoms with Gasteiger partial charge in [0.05, 0.1) is 0 Å². The summed E-state index contributed by atoms with van der Waals surface area (Å²) < 4.78 is 0. The molecule has 0 saturated carbocycles. The molecule has 118 valence electrons. The summed E-state index contributed by atoms with van der Waals surface area (Å²) in [4.78, 5) is 18.3. The lowest BCUT2D eigenvalue weighted by molar-refractivity contribution is -0.121. The summed E-state index contributed by atoms with van der Waals surface area (Å²) in [6.45, 7) is 8.20. The van der Waals surface area contributed by atoms with Crippen LogP contribution in [0.5, 0.6) is 0 Å². The number of nitrogens with zero attached hydrogens (tertiary/aromatic N) is 3. The average molecular weight is 285 g/mol. The second-order valence-electron chi connectivity index (χ2n) is 5.86. The first-order chi connectivity index (χ1) is 9.61. The molecule has 20 heavy (non-hydrogen) atoms. The van der Waals surface area contributed by atoms with Crippen molar-refractivity contribution >= 4 is 5.91 Å². The van der Waals surface area contributed by atoms with Crippen molar-refractivity contribution in [2.45, 2.75) is 25.7 Å². The number of carbonyl (C=O) groups is 1. The van der Waals surface area contributed by atoms with Crippen LogP contribution in [0.3, 0.4) is 0 Å². The van der Waals surface area contributed by atoms with Crippen LogP contribution in [0.2, 0.25) is 0 Å². The zero-order valence-corrected chi connectivity index (χ0v) is 13.1. The van der Waals surface area contributed by atoms with Crippen LogP contribution in [0, 0.1) is 0 Å². The van der Waals surface area contributed by atoms with Crippen LogP contribution in [0.4, 0.5) is 0 Å². The third kappa shape index (κ3) is 7.79. The van der Waals surface area contributed by atoms with E-state index in [4.69, 9.17) is 5.84 Å². The molecule has 6 heteroatoms. The maximum absolute atomic E-state index is 11.0. The second kappa shape index (κ2) is 10.1. The summed E-state index contributed by atoms with van der Waals surface area (Å²) in [5.74, 6) is 4.99. The molecule has 1 heterocycles. The Balaban J connectivity index is 1.98. The van der Waals surface area contributed by atoms with E-state index >= 15 is 0 Å². The van der Waals surface area contributed by atoms with Crippen molar-refractivity contribution < 1.29 is 4.79 Å². The zero-order chi connectivity index (χ0) is 14.8. The van der Waals surface area contributed by atoms with Gasteiger partial charge in [0.1, 0.15) is 0 Å². The first kappa shape index (κ1) is 17.4. The first-order valence-electron chi connectivity index (χ1n) is 7.70. The number of nitrogens with one attached hydrogen (secondary N) is 1. The van der Waals surface area contributed by atoms with E-state index < -0.39 is 0 Å². The van der Waals surface area contributed by atoms with Gasteiger partial charge in [-0.1, -0.05) is 6.42 Å². The van der Waals surface area contributed by atoms with Crippen LogP contribution in [-0.4, -0.2) is 80.5 Å². The quantitative estimate of drug-likeness (QED) is 0.264. The van der Waals surface area contributed by atoms with Gasteiger partial charge in [-0.05, 0) is 33.5 Å². The Morgan fingerprint density at radius 2 is 1.65 bits per heavy atom. The number of hydrogen-bond acceptors (Lipinski definition) is 5. The van der Waals surface area contributed by atoms with Gasteiger partial charge in [-0.3, -0.25) is 15.1 Å². The van der Waals surface area contributed by atoms with Gasteiger partial charge in [-0.2, -0.15) is 0 Å². The molecule has 1 saturated heterocycles. The van der Waals surface area contributed by atoms with E-state index in [0.29, 0.717) is 6.42 Å². The van der Waals surface area contributed by atoms with Crippen molar-refractivity contribution in [2.24, 2.45) is 5.84 Å². The molecule has 0 aromatic rings. The van der Waals surface area contributed by atoms with Crippen molar-refractivity contribution in [3.8, 4) is 0 Å². The van der Waals surface area contributed by atoms with Crippen molar-refractivity contribution in [3.05, 3.63) is 0 Å². The standard InChI is InChI=1S/C14H31N5O/c1-17(2)8-9-19-12-10-18(11-13-19)7-5-3-4-6-14(20)16-15/h3-13,15H2,1-2H3,(H,16,20). The molecule has 0 atom stereocenters. The highest BCUT2D eigenvalue weighted by Gasteiger charge is 2.15. The molecule has 3 N–H and O–H groups in total. The molecule has 0 aromatic carbocycles. The van der Waals surface area contributed by atoms with E-state index in [-0.39, 0.29) is 5.91 Å². The van der Waals surface area contributed by atoms with E-state index in [1.165, 1.54) is 39.1 Å². The van der Waals surface area contributed by atoms with Gasteiger partial charge in [0.25, 0.3) is 0 Å². The Hall–Kier alpha value is -0.690. The Kier molecular flexibility index (Phi) is 8.77. The van der Waals surface area contributed by atoms with E-state index in [2.05, 4.69) is 34.2 Å². The number of hydrogen-bond donors (Lipinski definition) is 2. The van der Waals surface area contributed by atoms with Gasteiger partial charge in [0.2, 0.25) is 5.91 Å². The summed E-state index contributed by atoms with van der Waals surface area (Å²) in [5.41, 5.74) is 2.17. The lowest BCUT2D eigenvalue weighted by Gasteiger charge is -2.35. The first-order valence-corrected chi connectivity index (χ1v) is 7.70.